The molecule has 1 N–H and O–H groups in total. The Morgan fingerprint density at radius 3 is 1.60 bits per heavy atom. The molecule has 0 aromatic rings. The molecule has 1 aliphatic carbocycles. The second-order valence-corrected chi connectivity index (χ2v) is 14.7. The number of likely N-dealkylation sites (tertiary alicyclic amines) is 1. The average molecular weight is 585 g/mol. The normalized spacial score (nSPS) is 21.7. The van der Waals surface area contributed by atoms with Gasteiger partial charge in [0.05, 0.1) is 26.7 Å². The number of nitrogens with zero attached hydrogens (tertiary/aromatic N) is 1. The molecule has 1 saturated carbocycles. The molecule has 2 fully saturated rings. The molecule has 0 aromatic heterocycles. The van der Waals surface area contributed by atoms with Crippen molar-refractivity contribution in [1.82, 2.24) is 0 Å². The summed E-state index contributed by atoms with van der Waals surface area (Å²) in [5.74, 6) is 0. The molecule has 6 heteroatoms. The topological polar surface area (TPSA) is 55.8 Å². The van der Waals surface area contributed by atoms with E-state index in [4.69, 9.17) is 9.05 Å². The van der Waals surface area contributed by atoms with E-state index < -0.39 is 7.82 Å². The number of unbranched alkanes of at least 4 members (excludes halogenated alkanes) is 8. The van der Waals surface area contributed by atoms with Crippen molar-refractivity contribution >= 4 is 7.82 Å². The quantitative estimate of drug-likeness (QED) is 0.0848. The van der Waals surface area contributed by atoms with Crippen molar-refractivity contribution in [3.05, 3.63) is 11.6 Å². The highest BCUT2D eigenvalue weighted by Gasteiger charge is 2.27. The van der Waals surface area contributed by atoms with Crippen LogP contribution in [0, 0.1) is 0 Å². The van der Waals surface area contributed by atoms with E-state index in [1.807, 2.05) is 0 Å². The first-order valence-corrected chi connectivity index (χ1v) is 19.1. The van der Waals surface area contributed by atoms with Gasteiger partial charge >= 0.3 is 7.82 Å². The van der Waals surface area contributed by atoms with Gasteiger partial charge in [-0.25, -0.2) is 4.57 Å². The van der Waals surface area contributed by atoms with Gasteiger partial charge in [0.25, 0.3) is 0 Å². The Kier molecular flexibility index (Phi) is 21.0. The molecule has 0 bridgehead atoms. The van der Waals surface area contributed by atoms with Gasteiger partial charge in [0.1, 0.15) is 13.2 Å². The second-order valence-electron chi connectivity index (χ2n) is 13.2. The van der Waals surface area contributed by atoms with Crippen LogP contribution in [0.15, 0.2) is 11.6 Å². The summed E-state index contributed by atoms with van der Waals surface area (Å²) in [6.45, 7) is 3.66. The summed E-state index contributed by atoms with van der Waals surface area (Å²) in [7, 11) is -1.69. The molecule has 1 aliphatic heterocycles. The smallest absolute Gasteiger partial charge is 0.324 e. The van der Waals surface area contributed by atoms with E-state index in [9.17, 15) is 9.46 Å². The molecule has 2 rings (SSSR count). The van der Waals surface area contributed by atoms with E-state index in [0.29, 0.717) is 13.2 Å². The molecule has 0 radical (unpaired) electrons. The fourth-order valence-electron chi connectivity index (χ4n) is 6.51. The van der Waals surface area contributed by atoms with Gasteiger partial charge in [-0.1, -0.05) is 114 Å². The van der Waals surface area contributed by atoms with Crippen molar-refractivity contribution in [2.24, 2.45) is 0 Å². The summed E-state index contributed by atoms with van der Waals surface area (Å²) < 4.78 is 23.5. The first-order valence-electron chi connectivity index (χ1n) is 17.6. The van der Waals surface area contributed by atoms with Gasteiger partial charge in [0, 0.05) is 0 Å². The Hall–Kier alpha value is -0.190. The summed E-state index contributed by atoms with van der Waals surface area (Å²) in [5.41, 5.74) is 1.76. The van der Waals surface area contributed by atoms with E-state index in [1.54, 1.807) is 5.57 Å². The third-order valence-corrected chi connectivity index (χ3v) is 10.3. The zero-order valence-electron chi connectivity index (χ0n) is 26.6. The van der Waals surface area contributed by atoms with Crippen molar-refractivity contribution in [1.29, 1.82) is 0 Å². The standard InChI is InChI=1S/C34H66NO4P/c1-35(29-23-19-24-30-35)31-33-39-40(36,37)38-32-25-18-14-10-6-9-13-17-22-28-34-26-20-15-11-7-4-2-3-5-8-12-16-21-27-34/h28H,2-27,29-33H2,1H3/p+1. The van der Waals surface area contributed by atoms with Crippen LogP contribution in [0.5, 0.6) is 0 Å². The number of likely N-dealkylation sites (N-methyl/N-ethyl adjacent to an activating group) is 1. The third kappa shape index (κ3) is 19.8. The SMILES string of the molecule is C[N+]1(CCOP(=O)(O)OCCCCCCCCCCC=C2CCCCCCCCCCCCCC2)CCCCC1. The number of phosphoric acid groups is 1. The van der Waals surface area contributed by atoms with Crippen LogP contribution >= 0.6 is 7.82 Å². The number of quaternary nitrogens is 1. The van der Waals surface area contributed by atoms with E-state index in [-0.39, 0.29) is 0 Å². The van der Waals surface area contributed by atoms with Crippen LogP contribution in [-0.2, 0) is 13.6 Å². The molecule has 1 saturated heterocycles. The third-order valence-electron chi connectivity index (χ3n) is 9.31. The number of hydrogen-bond donors (Lipinski definition) is 1. The number of allylic oxidation sites excluding steroid dienone is 2. The molecule has 1 heterocycles. The zero-order chi connectivity index (χ0) is 28.6. The van der Waals surface area contributed by atoms with Crippen molar-refractivity contribution in [2.75, 3.05) is 39.9 Å². The van der Waals surface area contributed by atoms with Crippen LogP contribution in [0.3, 0.4) is 0 Å². The van der Waals surface area contributed by atoms with Crippen molar-refractivity contribution in [3.8, 4) is 0 Å². The lowest BCUT2D eigenvalue weighted by atomic mass is 9.98. The monoisotopic (exact) mass is 584 g/mol. The molecule has 236 valence electrons. The molecule has 1 atom stereocenters. The van der Waals surface area contributed by atoms with Gasteiger partial charge in [0.2, 0.25) is 0 Å². The molecule has 40 heavy (non-hydrogen) atoms. The van der Waals surface area contributed by atoms with E-state index >= 15 is 0 Å². The van der Waals surface area contributed by atoms with Gasteiger partial charge in [-0.3, -0.25) is 9.05 Å². The van der Waals surface area contributed by atoms with Crippen LogP contribution in [0.2, 0.25) is 0 Å². The summed E-state index contributed by atoms with van der Waals surface area (Å²) in [5, 5.41) is 0. The van der Waals surface area contributed by atoms with Gasteiger partial charge in [-0.2, -0.15) is 0 Å². The van der Waals surface area contributed by atoms with Gasteiger partial charge < -0.3 is 9.38 Å². The minimum absolute atomic E-state index is 0.293. The Labute approximate surface area is 249 Å². The lowest BCUT2D eigenvalue weighted by Gasteiger charge is -2.37. The predicted octanol–water partition coefficient (Wildman–Crippen LogP) is 10.7. The van der Waals surface area contributed by atoms with Gasteiger partial charge in [0.15, 0.2) is 0 Å². The zero-order valence-corrected chi connectivity index (χ0v) is 27.5. The Balaban J connectivity index is 1.43. The molecule has 0 aromatic carbocycles. The first-order chi connectivity index (χ1) is 19.5. The average Bonchev–Trinajstić information content (AvgIpc) is 2.94. The van der Waals surface area contributed by atoms with Crippen molar-refractivity contribution in [2.45, 2.75) is 167 Å². The maximum absolute atomic E-state index is 12.1. The Morgan fingerprint density at radius 2 is 1.05 bits per heavy atom. The van der Waals surface area contributed by atoms with E-state index in [0.717, 1.165) is 37.0 Å². The number of hydrogen-bond acceptors (Lipinski definition) is 3. The lowest BCUT2D eigenvalue weighted by Crippen LogP contribution is -2.49. The first kappa shape index (κ1) is 36.0. The predicted molar refractivity (Wildman–Crippen MR) is 171 cm³/mol. The van der Waals surface area contributed by atoms with Gasteiger partial charge in [-0.05, 0) is 64.2 Å². The van der Waals surface area contributed by atoms with Crippen molar-refractivity contribution in [3.63, 3.8) is 0 Å². The van der Waals surface area contributed by atoms with E-state index in [1.165, 1.54) is 154 Å². The molecular weight excluding hydrogens is 517 g/mol. The van der Waals surface area contributed by atoms with Crippen LogP contribution < -0.4 is 0 Å². The number of piperidine rings is 1. The van der Waals surface area contributed by atoms with Crippen molar-refractivity contribution < 1.29 is 23.0 Å². The van der Waals surface area contributed by atoms with Gasteiger partial charge in [-0.15, -0.1) is 0 Å². The summed E-state index contributed by atoms with van der Waals surface area (Å²) >= 11 is 0. The molecule has 1 unspecified atom stereocenters. The highest BCUT2D eigenvalue weighted by molar-refractivity contribution is 7.47. The molecule has 0 spiro atoms. The Bertz CT molecular complexity index is 659. The minimum atomic E-state index is -3.91. The second kappa shape index (κ2) is 23.3. The van der Waals surface area contributed by atoms with E-state index in [2.05, 4.69) is 13.1 Å². The minimum Gasteiger partial charge on any atom is -0.324 e. The van der Waals surface area contributed by atoms with Crippen LogP contribution in [0.4, 0.5) is 0 Å². The fraction of sp³-hybridized carbons (Fsp3) is 0.941. The highest BCUT2D eigenvalue weighted by Crippen LogP contribution is 2.43. The van der Waals surface area contributed by atoms with Crippen LogP contribution in [-0.4, -0.2) is 49.3 Å². The fourth-order valence-corrected chi connectivity index (χ4v) is 7.25. The number of rotatable bonds is 16. The maximum atomic E-state index is 12.1. The summed E-state index contributed by atoms with van der Waals surface area (Å²) in [4.78, 5) is 9.95. The molecule has 5 nitrogen and oxygen atoms in total. The largest absolute Gasteiger partial charge is 0.472 e. The Morgan fingerprint density at radius 1 is 0.625 bits per heavy atom. The molecule has 2 aliphatic rings. The van der Waals surface area contributed by atoms with Crippen LogP contribution in [0.25, 0.3) is 0 Å². The van der Waals surface area contributed by atoms with Crippen LogP contribution in [0.1, 0.15) is 167 Å². The molecular formula is C34H67NO4P+. The summed E-state index contributed by atoms with van der Waals surface area (Å²) in [6, 6.07) is 0. The highest BCUT2D eigenvalue weighted by atomic mass is 31.2. The summed E-state index contributed by atoms with van der Waals surface area (Å²) in [6.07, 6.45) is 37.3. The number of phosphoric ester groups is 1. The molecule has 0 amide bonds. The maximum Gasteiger partial charge on any atom is 0.472 e. The lowest BCUT2D eigenvalue weighted by molar-refractivity contribution is -0.914.